The predicted molar refractivity (Wildman–Crippen MR) is 79.2 cm³/mol. The third-order valence-corrected chi connectivity index (χ3v) is 5.81. The molecule has 1 aliphatic heterocycles. The van der Waals surface area contributed by atoms with Crippen LogP contribution in [0.5, 0.6) is 0 Å². The van der Waals surface area contributed by atoms with Gasteiger partial charge in [-0.2, -0.15) is 0 Å². The predicted octanol–water partition coefficient (Wildman–Crippen LogP) is 1.84. The molecule has 0 amide bonds. The van der Waals surface area contributed by atoms with Gasteiger partial charge in [0.15, 0.2) is 0 Å². The molecule has 2 rings (SSSR count). The zero-order valence-corrected chi connectivity index (χ0v) is 13.9. The minimum Gasteiger partial charge on any atom is -0.378 e. The summed E-state index contributed by atoms with van der Waals surface area (Å²) in [4.78, 5) is 0.253. The van der Waals surface area contributed by atoms with Crippen molar-refractivity contribution in [3.05, 3.63) is 28.2 Å². The average molecular weight is 364 g/mol. The molecule has 0 aliphatic carbocycles. The Morgan fingerprint density at radius 3 is 2.80 bits per heavy atom. The average Bonchev–Trinajstić information content (AvgIpc) is 2.89. The van der Waals surface area contributed by atoms with Crippen molar-refractivity contribution in [2.24, 2.45) is 0 Å². The van der Waals surface area contributed by atoms with Crippen LogP contribution in [0.3, 0.4) is 0 Å². The standard InChI is InChI=1S/C13H18BrNO4S/c1-10-7-11(3-4-12(10)14)20(16,17)15-8-13(18-2)5-6-19-9-13/h3-4,7,15H,5-6,8-9H2,1-2H3. The van der Waals surface area contributed by atoms with E-state index >= 15 is 0 Å². The van der Waals surface area contributed by atoms with Crippen LogP contribution in [0.25, 0.3) is 0 Å². The molecule has 0 saturated carbocycles. The van der Waals surface area contributed by atoms with Crippen molar-refractivity contribution in [3.8, 4) is 0 Å². The topological polar surface area (TPSA) is 64.6 Å². The van der Waals surface area contributed by atoms with Gasteiger partial charge >= 0.3 is 0 Å². The fourth-order valence-corrected chi connectivity index (χ4v) is 3.50. The molecule has 1 aromatic rings. The Hall–Kier alpha value is -0.470. The van der Waals surface area contributed by atoms with Crippen molar-refractivity contribution in [3.63, 3.8) is 0 Å². The summed E-state index contributed by atoms with van der Waals surface area (Å²) in [5, 5.41) is 0. The van der Waals surface area contributed by atoms with Crippen molar-refractivity contribution in [1.29, 1.82) is 0 Å². The third kappa shape index (κ3) is 3.40. The van der Waals surface area contributed by atoms with Crippen LogP contribution in [0.1, 0.15) is 12.0 Å². The number of hydrogen-bond acceptors (Lipinski definition) is 4. The molecule has 0 aromatic heterocycles. The Bertz CT molecular complexity index is 582. The van der Waals surface area contributed by atoms with E-state index in [1.54, 1.807) is 25.3 Å². The molecule has 0 bridgehead atoms. The van der Waals surface area contributed by atoms with Gasteiger partial charge in [0.2, 0.25) is 10.0 Å². The lowest BCUT2D eigenvalue weighted by molar-refractivity contribution is -0.0120. The summed E-state index contributed by atoms with van der Waals surface area (Å²) in [5.74, 6) is 0. The summed E-state index contributed by atoms with van der Waals surface area (Å²) >= 11 is 3.36. The molecule has 5 nitrogen and oxygen atoms in total. The van der Waals surface area contributed by atoms with E-state index in [1.807, 2.05) is 6.92 Å². The van der Waals surface area contributed by atoms with Gasteiger partial charge in [0.05, 0.1) is 11.5 Å². The second-order valence-electron chi connectivity index (χ2n) is 4.93. The first-order valence-electron chi connectivity index (χ1n) is 6.27. The number of halogens is 1. The van der Waals surface area contributed by atoms with Gasteiger partial charge in [0.1, 0.15) is 5.60 Å². The quantitative estimate of drug-likeness (QED) is 0.866. The summed E-state index contributed by atoms with van der Waals surface area (Å²) in [6, 6.07) is 4.94. The van der Waals surface area contributed by atoms with E-state index < -0.39 is 15.6 Å². The molecule has 1 saturated heterocycles. The van der Waals surface area contributed by atoms with E-state index in [2.05, 4.69) is 20.7 Å². The maximum Gasteiger partial charge on any atom is 0.240 e. The van der Waals surface area contributed by atoms with Crippen LogP contribution in [0.4, 0.5) is 0 Å². The molecule has 1 aliphatic rings. The monoisotopic (exact) mass is 363 g/mol. The van der Waals surface area contributed by atoms with Crippen LogP contribution in [-0.4, -0.2) is 40.9 Å². The number of aryl methyl sites for hydroxylation is 1. The largest absolute Gasteiger partial charge is 0.378 e. The Labute approximate surface area is 127 Å². The fraction of sp³-hybridized carbons (Fsp3) is 0.538. The summed E-state index contributed by atoms with van der Waals surface area (Å²) in [7, 11) is -1.97. The third-order valence-electron chi connectivity index (χ3n) is 3.52. The normalized spacial score (nSPS) is 23.1. The molecule has 1 aromatic carbocycles. The van der Waals surface area contributed by atoms with E-state index in [0.717, 1.165) is 10.0 Å². The molecule has 112 valence electrons. The zero-order valence-electron chi connectivity index (χ0n) is 11.5. The van der Waals surface area contributed by atoms with E-state index in [0.29, 0.717) is 19.6 Å². The summed E-state index contributed by atoms with van der Waals surface area (Å²) in [6.45, 7) is 3.06. The Kier molecular flexibility index (Phi) is 4.86. The lowest BCUT2D eigenvalue weighted by Crippen LogP contribution is -2.44. The van der Waals surface area contributed by atoms with Gasteiger partial charge in [-0.25, -0.2) is 13.1 Å². The maximum absolute atomic E-state index is 12.3. The van der Waals surface area contributed by atoms with E-state index in [4.69, 9.17) is 9.47 Å². The second-order valence-corrected chi connectivity index (χ2v) is 7.55. The molecule has 1 heterocycles. The highest BCUT2D eigenvalue weighted by Crippen LogP contribution is 2.23. The Morgan fingerprint density at radius 2 is 2.25 bits per heavy atom. The summed E-state index contributed by atoms with van der Waals surface area (Å²) in [5.41, 5.74) is 0.316. The molecule has 0 radical (unpaired) electrons. The van der Waals surface area contributed by atoms with Crippen LogP contribution in [-0.2, 0) is 19.5 Å². The molecule has 1 fully saturated rings. The van der Waals surface area contributed by atoms with Crippen LogP contribution < -0.4 is 4.72 Å². The molecule has 7 heteroatoms. The van der Waals surface area contributed by atoms with Crippen LogP contribution >= 0.6 is 15.9 Å². The van der Waals surface area contributed by atoms with Crippen molar-refractivity contribution in [2.45, 2.75) is 23.8 Å². The highest BCUT2D eigenvalue weighted by atomic mass is 79.9. The van der Waals surface area contributed by atoms with Gasteiger partial charge in [-0.1, -0.05) is 15.9 Å². The van der Waals surface area contributed by atoms with Gasteiger partial charge < -0.3 is 9.47 Å². The SMILES string of the molecule is COC1(CNS(=O)(=O)c2ccc(Br)c(C)c2)CCOC1. The molecule has 1 N–H and O–H groups in total. The van der Waals surface area contributed by atoms with Crippen LogP contribution in [0.15, 0.2) is 27.6 Å². The van der Waals surface area contributed by atoms with Crippen LogP contribution in [0, 0.1) is 6.92 Å². The Morgan fingerprint density at radius 1 is 1.50 bits per heavy atom. The molecular formula is C13H18BrNO4S. The van der Waals surface area contributed by atoms with Crippen molar-refractivity contribution in [2.75, 3.05) is 26.9 Å². The first kappa shape index (κ1) is 15.9. The number of hydrogen-bond donors (Lipinski definition) is 1. The molecule has 20 heavy (non-hydrogen) atoms. The number of methoxy groups -OCH3 is 1. The molecular weight excluding hydrogens is 346 g/mol. The number of ether oxygens (including phenoxy) is 2. The van der Waals surface area contributed by atoms with Gasteiger partial charge in [0, 0.05) is 31.2 Å². The van der Waals surface area contributed by atoms with E-state index in [9.17, 15) is 8.42 Å². The van der Waals surface area contributed by atoms with Gasteiger partial charge in [0.25, 0.3) is 0 Å². The zero-order chi connectivity index (χ0) is 14.8. The first-order valence-corrected chi connectivity index (χ1v) is 8.55. The summed E-state index contributed by atoms with van der Waals surface area (Å²) in [6.07, 6.45) is 0.686. The van der Waals surface area contributed by atoms with E-state index in [1.165, 1.54) is 0 Å². The molecule has 1 unspecified atom stereocenters. The van der Waals surface area contributed by atoms with Crippen LogP contribution in [0.2, 0.25) is 0 Å². The number of rotatable bonds is 5. The number of nitrogens with one attached hydrogen (secondary N) is 1. The van der Waals surface area contributed by atoms with Crippen molar-refractivity contribution >= 4 is 26.0 Å². The maximum atomic E-state index is 12.3. The van der Waals surface area contributed by atoms with Crippen molar-refractivity contribution < 1.29 is 17.9 Å². The minimum atomic E-state index is -3.54. The highest BCUT2D eigenvalue weighted by molar-refractivity contribution is 9.10. The number of benzene rings is 1. The second kappa shape index (κ2) is 6.11. The Balaban J connectivity index is 2.13. The summed E-state index contributed by atoms with van der Waals surface area (Å²) < 4.78 is 38.8. The highest BCUT2D eigenvalue weighted by Gasteiger charge is 2.36. The van der Waals surface area contributed by atoms with Gasteiger partial charge in [-0.05, 0) is 30.7 Å². The van der Waals surface area contributed by atoms with Gasteiger partial charge in [-0.3, -0.25) is 0 Å². The lowest BCUT2D eigenvalue weighted by atomic mass is 10.0. The van der Waals surface area contributed by atoms with Gasteiger partial charge in [-0.15, -0.1) is 0 Å². The first-order chi connectivity index (χ1) is 9.38. The fourth-order valence-electron chi connectivity index (χ4n) is 2.06. The lowest BCUT2D eigenvalue weighted by Gasteiger charge is -2.25. The van der Waals surface area contributed by atoms with E-state index in [-0.39, 0.29) is 11.4 Å². The molecule has 1 atom stereocenters. The smallest absolute Gasteiger partial charge is 0.240 e. The minimum absolute atomic E-state index is 0.209. The van der Waals surface area contributed by atoms with Crippen molar-refractivity contribution in [1.82, 2.24) is 4.72 Å². The number of sulfonamides is 1. The molecule has 0 spiro atoms.